The van der Waals surface area contributed by atoms with Gasteiger partial charge in [0.05, 0.1) is 6.54 Å². The van der Waals surface area contributed by atoms with Crippen LogP contribution in [0.3, 0.4) is 0 Å². The summed E-state index contributed by atoms with van der Waals surface area (Å²) in [6, 6.07) is 7.12. The molecule has 0 radical (unpaired) electrons. The molecule has 0 spiro atoms. The second-order valence-electron chi connectivity index (χ2n) is 7.37. The lowest BCUT2D eigenvalue weighted by Crippen LogP contribution is -2.35. The molecule has 4 heteroatoms. The van der Waals surface area contributed by atoms with Gasteiger partial charge in [-0.2, -0.15) is 0 Å². The van der Waals surface area contributed by atoms with Gasteiger partial charge < -0.3 is 11.1 Å². The van der Waals surface area contributed by atoms with E-state index in [1.807, 2.05) is 0 Å². The fraction of sp³-hybridized carbons (Fsp3) is 0.632. The molecule has 1 atom stereocenters. The molecule has 3 rings (SSSR count). The van der Waals surface area contributed by atoms with E-state index in [1.165, 1.54) is 56.3 Å². The molecule has 1 aliphatic carbocycles. The number of nitrogens with one attached hydrogen (secondary N) is 1. The van der Waals surface area contributed by atoms with Gasteiger partial charge in [0.15, 0.2) is 5.96 Å². The van der Waals surface area contributed by atoms with E-state index >= 15 is 0 Å². The first-order chi connectivity index (χ1) is 11.1. The van der Waals surface area contributed by atoms with E-state index in [0.29, 0.717) is 17.9 Å². The number of hydrogen-bond donors (Lipinski definition) is 2. The molecule has 1 aromatic rings. The Morgan fingerprint density at radius 3 is 2.96 bits per heavy atom. The number of aliphatic imine (C=N–C) groups is 1. The number of benzene rings is 1. The number of guanidine groups is 1. The third-order valence-electron chi connectivity index (χ3n) is 4.94. The Labute approximate surface area is 140 Å². The van der Waals surface area contributed by atoms with Gasteiger partial charge in [0.2, 0.25) is 0 Å². The van der Waals surface area contributed by atoms with Gasteiger partial charge in [-0.1, -0.05) is 19.9 Å². The lowest BCUT2D eigenvalue weighted by molar-refractivity contribution is 0.231. The van der Waals surface area contributed by atoms with Crippen molar-refractivity contribution in [2.75, 3.05) is 25.0 Å². The van der Waals surface area contributed by atoms with E-state index in [4.69, 9.17) is 5.73 Å². The maximum Gasteiger partial charge on any atom is 0.193 e. The molecule has 0 bridgehead atoms. The van der Waals surface area contributed by atoms with Crippen LogP contribution in [0.25, 0.3) is 0 Å². The molecule has 0 unspecified atom stereocenters. The summed E-state index contributed by atoms with van der Waals surface area (Å²) < 4.78 is 0. The van der Waals surface area contributed by atoms with E-state index in [-0.39, 0.29) is 0 Å². The van der Waals surface area contributed by atoms with E-state index < -0.39 is 0 Å². The molecular formula is C19H30N4. The number of nitrogens with two attached hydrogens (primary N) is 1. The van der Waals surface area contributed by atoms with E-state index in [9.17, 15) is 0 Å². The van der Waals surface area contributed by atoms with Gasteiger partial charge in [0.1, 0.15) is 0 Å². The highest BCUT2D eigenvalue weighted by Gasteiger charge is 2.24. The van der Waals surface area contributed by atoms with Crippen LogP contribution in [0.15, 0.2) is 23.2 Å². The van der Waals surface area contributed by atoms with Gasteiger partial charge in [-0.25, -0.2) is 0 Å². The molecule has 126 valence electrons. The SMILES string of the molecule is CC(C)CN1CCC[C@@H]1CN=C(N)Nc1ccc2c(c1)CCC2. The summed E-state index contributed by atoms with van der Waals surface area (Å²) >= 11 is 0. The minimum atomic E-state index is 0.541. The van der Waals surface area contributed by atoms with Gasteiger partial charge in [-0.3, -0.25) is 9.89 Å². The van der Waals surface area contributed by atoms with Crippen LogP contribution in [-0.2, 0) is 12.8 Å². The van der Waals surface area contributed by atoms with E-state index in [1.54, 1.807) is 0 Å². The lowest BCUT2D eigenvalue weighted by Gasteiger charge is -2.25. The minimum absolute atomic E-state index is 0.541. The van der Waals surface area contributed by atoms with Crippen LogP contribution in [-0.4, -0.2) is 36.5 Å². The zero-order chi connectivity index (χ0) is 16.2. The zero-order valence-electron chi connectivity index (χ0n) is 14.5. The molecule has 1 fully saturated rings. The third kappa shape index (κ3) is 4.25. The maximum absolute atomic E-state index is 6.10. The molecule has 0 amide bonds. The Hall–Kier alpha value is -1.55. The Kier molecular flexibility index (Phi) is 5.21. The number of rotatable bonds is 5. The number of aryl methyl sites for hydroxylation is 2. The summed E-state index contributed by atoms with van der Waals surface area (Å²) in [7, 11) is 0. The summed E-state index contributed by atoms with van der Waals surface area (Å²) in [5, 5.41) is 3.26. The highest BCUT2D eigenvalue weighted by Crippen LogP contribution is 2.25. The lowest BCUT2D eigenvalue weighted by atomic mass is 10.1. The Morgan fingerprint density at radius 1 is 1.30 bits per heavy atom. The normalized spacial score (nSPS) is 21.9. The van der Waals surface area contributed by atoms with Gasteiger partial charge in [0, 0.05) is 18.3 Å². The van der Waals surface area contributed by atoms with Crippen molar-refractivity contribution in [3.05, 3.63) is 29.3 Å². The van der Waals surface area contributed by atoms with Crippen molar-refractivity contribution in [3.63, 3.8) is 0 Å². The first kappa shape index (κ1) is 16.3. The zero-order valence-corrected chi connectivity index (χ0v) is 14.5. The highest BCUT2D eigenvalue weighted by molar-refractivity contribution is 5.92. The third-order valence-corrected chi connectivity index (χ3v) is 4.94. The fourth-order valence-corrected chi connectivity index (χ4v) is 3.85. The summed E-state index contributed by atoms with van der Waals surface area (Å²) in [4.78, 5) is 7.16. The average molecular weight is 314 g/mol. The van der Waals surface area contributed by atoms with Crippen molar-refractivity contribution in [2.45, 2.75) is 52.0 Å². The van der Waals surface area contributed by atoms with Gasteiger partial charge in [-0.05, 0) is 67.8 Å². The highest BCUT2D eigenvalue weighted by atomic mass is 15.2. The fourth-order valence-electron chi connectivity index (χ4n) is 3.85. The van der Waals surface area contributed by atoms with Crippen LogP contribution >= 0.6 is 0 Å². The van der Waals surface area contributed by atoms with E-state index in [2.05, 4.69) is 47.3 Å². The van der Waals surface area contributed by atoms with Gasteiger partial charge >= 0.3 is 0 Å². The van der Waals surface area contributed by atoms with E-state index in [0.717, 1.165) is 12.2 Å². The number of fused-ring (bicyclic) bond motifs is 1. The smallest absolute Gasteiger partial charge is 0.193 e. The topological polar surface area (TPSA) is 53.6 Å². The number of anilines is 1. The molecule has 23 heavy (non-hydrogen) atoms. The van der Waals surface area contributed by atoms with Gasteiger partial charge in [-0.15, -0.1) is 0 Å². The van der Waals surface area contributed by atoms with Crippen LogP contribution in [0.4, 0.5) is 5.69 Å². The van der Waals surface area contributed by atoms with Crippen molar-refractivity contribution in [3.8, 4) is 0 Å². The van der Waals surface area contributed by atoms with Crippen LogP contribution in [0.2, 0.25) is 0 Å². The summed E-state index contributed by atoms with van der Waals surface area (Å²) in [6.45, 7) is 7.73. The molecule has 0 aromatic heterocycles. The molecule has 0 saturated carbocycles. The van der Waals surface area contributed by atoms with Crippen LogP contribution < -0.4 is 11.1 Å². The monoisotopic (exact) mass is 314 g/mol. The van der Waals surface area contributed by atoms with Crippen molar-refractivity contribution >= 4 is 11.6 Å². The summed E-state index contributed by atoms with van der Waals surface area (Å²) in [6.07, 6.45) is 6.20. The maximum atomic E-state index is 6.10. The molecule has 4 nitrogen and oxygen atoms in total. The molecule has 1 heterocycles. The second-order valence-corrected chi connectivity index (χ2v) is 7.37. The quantitative estimate of drug-likeness (QED) is 0.649. The van der Waals surface area contributed by atoms with Crippen molar-refractivity contribution in [2.24, 2.45) is 16.6 Å². The van der Waals surface area contributed by atoms with Crippen LogP contribution in [0, 0.1) is 5.92 Å². The average Bonchev–Trinajstić information content (AvgIpc) is 3.13. The van der Waals surface area contributed by atoms with Crippen molar-refractivity contribution in [1.29, 1.82) is 0 Å². The Balaban J connectivity index is 1.55. The molecule has 1 aliphatic heterocycles. The number of nitrogens with zero attached hydrogens (tertiary/aromatic N) is 2. The summed E-state index contributed by atoms with van der Waals surface area (Å²) in [5.41, 5.74) is 10.1. The number of hydrogen-bond acceptors (Lipinski definition) is 2. The largest absolute Gasteiger partial charge is 0.370 e. The minimum Gasteiger partial charge on any atom is -0.370 e. The Morgan fingerprint density at radius 2 is 2.13 bits per heavy atom. The Bertz CT molecular complexity index is 564. The first-order valence-electron chi connectivity index (χ1n) is 9.04. The molecule has 1 aromatic carbocycles. The molecule has 1 saturated heterocycles. The predicted molar refractivity (Wildman–Crippen MR) is 98.0 cm³/mol. The molecule has 2 aliphatic rings. The van der Waals surface area contributed by atoms with Crippen molar-refractivity contribution < 1.29 is 0 Å². The van der Waals surface area contributed by atoms with Crippen molar-refractivity contribution in [1.82, 2.24) is 4.90 Å². The summed E-state index contributed by atoms with van der Waals surface area (Å²) in [5.74, 6) is 1.25. The predicted octanol–water partition coefficient (Wildman–Crippen LogP) is 3.02. The standard InChI is InChI=1S/C19H30N4/c1-14(2)13-23-10-4-7-18(23)12-21-19(20)22-17-9-8-15-5-3-6-16(15)11-17/h8-9,11,14,18H,3-7,10,12-13H2,1-2H3,(H3,20,21,22)/t18-/m1/s1. The molecule has 3 N–H and O–H groups in total. The van der Waals surface area contributed by atoms with Gasteiger partial charge in [0.25, 0.3) is 0 Å². The second kappa shape index (κ2) is 7.35. The van der Waals surface area contributed by atoms with Crippen LogP contribution in [0.1, 0.15) is 44.2 Å². The number of likely N-dealkylation sites (tertiary alicyclic amines) is 1. The first-order valence-corrected chi connectivity index (χ1v) is 9.04. The molecular weight excluding hydrogens is 284 g/mol. The van der Waals surface area contributed by atoms with Crippen LogP contribution in [0.5, 0.6) is 0 Å².